The molecule has 0 atom stereocenters. The second-order valence-electron chi connectivity index (χ2n) is 5.97. The van der Waals surface area contributed by atoms with E-state index in [1.54, 1.807) is 30.6 Å². The lowest BCUT2D eigenvalue weighted by atomic mass is 10.1. The van der Waals surface area contributed by atoms with Crippen LogP contribution in [0.3, 0.4) is 0 Å². The van der Waals surface area contributed by atoms with Crippen LogP contribution < -0.4 is 4.74 Å². The number of rotatable bonds is 5. The summed E-state index contributed by atoms with van der Waals surface area (Å²) in [5, 5.41) is 1.91. The van der Waals surface area contributed by atoms with E-state index >= 15 is 0 Å². The highest BCUT2D eigenvalue weighted by atomic mass is 32.2. The van der Waals surface area contributed by atoms with Crippen LogP contribution in [-0.2, 0) is 16.6 Å². The zero-order chi connectivity index (χ0) is 18.0. The molecule has 0 aliphatic rings. The van der Waals surface area contributed by atoms with Crippen molar-refractivity contribution in [2.24, 2.45) is 0 Å². The van der Waals surface area contributed by atoms with Gasteiger partial charge < -0.3 is 4.74 Å². The van der Waals surface area contributed by atoms with E-state index in [1.807, 2.05) is 60.7 Å². The second kappa shape index (κ2) is 6.69. The van der Waals surface area contributed by atoms with Crippen molar-refractivity contribution in [3.63, 3.8) is 0 Å². The van der Waals surface area contributed by atoms with E-state index in [0.29, 0.717) is 6.61 Å². The van der Waals surface area contributed by atoms with Gasteiger partial charge in [-0.25, -0.2) is 12.4 Å². The average Bonchev–Trinajstić information content (AvgIpc) is 3.17. The Balaban J connectivity index is 1.58. The Morgan fingerprint density at radius 1 is 0.808 bits per heavy atom. The van der Waals surface area contributed by atoms with Crippen molar-refractivity contribution in [3.05, 3.63) is 96.8 Å². The standard InChI is InChI=1S/C21H17NO3S/c23-26(24,21-11-10-18-6-4-5-7-19(18)14-21)22-13-12-17(15-22)16-25-20-8-2-1-3-9-20/h1-15H,16H2. The lowest BCUT2D eigenvalue weighted by molar-refractivity contribution is 0.306. The molecule has 0 aliphatic heterocycles. The van der Waals surface area contributed by atoms with E-state index < -0.39 is 10.0 Å². The van der Waals surface area contributed by atoms with Crippen LogP contribution >= 0.6 is 0 Å². The Hall–Kier alpha value is -3.05. The van der Waals surface area contributed by atoms with Crippen LogP contribution in [0, 0.1) is 0 Å². The Morgan fingerprint density at radius 3 is 2.35 bits per heavy atom. The smallest absolute Gasteiger partial charge is 0.267 e. The van der Waals surface area contributed by atoms with Gasteiger partial charge in [0, 0.05) is 18.0 Å². The highest BCUT2D eigenvalue weighted by Gasteiger charge is 2.17. The molecule has 130 valence electrons. The third-order valence-electron chi connectivity index (χ3n) is 4.17. The summed E-state index contributed by atoms with van der Waals surface area (Å²) in [6.07, 6.45) is 3.14. The van der Waals surface area contributed by atoms with Gasteiger partial charge in [-0.15, -0.1) is 0 Å². The highest BCUT2D eigenvalue weighted by Crippen LogP contribution is 2.22. The van der Waals surface area contributed by atoms with Gasteiger partial charge in [-0.3, -0.25) is 0 Å². The van der Waals surface area contributed by atoms with Gasteiger partial charge in [0.15, 0.2) is 0 Å². The fraction of sp³-hybridized carbons (Fsp3) is 0.0476. The molecule has 1 heterocycles. The molecule has 3 aromatic carbocycles. The maximum Gasteiger partial charge on any atom is 0.267 e. The van der Waals surface area contributed by atoms with E-state index in [1.165, 1.54) is 3.97 Å². The van der Waals surface area contributed by atoms with E-state index in [4.69, 9.17) is 4.74 Å². The SMILES string of the molecule is O=S(=O)(c1ccc2ccccc2c1)n1ccc(COc2ccccc2)c1. The molecule has 1 aromatic heterocycles. The van der Waals surface area contributed by atoms with Gasteiger partial charge in [0.2, 0.25) is 0 Å². The number of nitrogens with zero attached hydrogens (tertiary/aromatic N) is 1. The van der Waals surface area contributed by atoms with Crippen molar-refractivity contribution >= 4 is 20.8 Å². The van der Waals surface area contributed by atoms with Crippen LogP contribution in [-0.4, -0.2) is 12.4 Å². The molecule has 4 rings (SSSR count). The number of para-hydroxylation sites is 1. The molecule has 0 bridgehead atoms. The maximum atomic E-state index is 12.9. The second-order valence-corrected chi connectivity index (χ2v) is 7.81. The molecular weight excluding hydrogens is 346 g/mol. The first kappa shape index (κ1) is 16.4. The van der Waals surface area contributed by atoms with Gasteiger partial charge in [-0.1, -0.05) is 48.5 Å². The van der Waals surface area contributed by atoms with Crippen molar-refractivity contribution in [2.45, 2.75) is 11.5 Å². The molecule has 0 spiro atoms. The molecular formula is C21H17NO3S. The molecule has 0 N–H and O–H groups in total. The van der Waals surface area contributed by atoms with Crippen molar-refractivity contribution < 1.29 is 13.2 Å². The summed E-state index contributed by atoms with van der Waals surface area (Å²) in [7, 11) is -3.63. The lowest BCUT2D eigenvalue weighted by Gasteiger charge is -2.07. The molecule has 4 aromatic rings. The number of benzene rings is 3. The highest BCUT2D eigenvalue weighted by molar-refractivity contribution is 7.90. The summed E-state index contributed by atoms with van der Waals surface area (Å²) in [6.45, 7) is 0.310. The fourth-order valence-electron chi connectivity index (χ4n) is 2.79. The molecule has 0 saturated carbocycles. The fourth-order valence-corrected chi connectivity index (χ4v) is 4.04. The number of aromatic nitrogens is 1. The zero-order valence-corrected chi connectivity index (χ0v) is 14.8. The quantitative estimate of drug-likeness (QED) is 0.526. The van der Waals surface area contributed by atoms with Crippen LogP contribution in [0.5, 0.6) is 5.75 Å². The third kappa shape index (κ3) is 3.21. The van der Waals surface area contributed by atoms with Gasteiger partial charge in [0.05, 0.1) is 4.90 Å². The summed E-state index contributed by atoms with van der Waals surface area (Å²) in [5.41, 5.74) is 0.790. The molecule has 5 heteroatoms. The van der Waals surface area contributed by atoms with Crippen molar-refractivity contribution in [3.8, 4) is 5.75 Å². The first-order chi connectivity index (χ1) is 12.6. The topological polar surface area (TPSA) is 48.3 Å². The minimum Gasteiger partial charge on any atom is -0.489 e. The molecule has 0 fully saturated rings. The molecule has 0 radical (unpaired) electrons. The van der Waals surface area contributed by atoms with Crippen LogP contribution in [0.4, 0.5) is 0 Å². The van der Waals surface area contributed by atoms with Crippen molar-refractivity contribution in [1.82, 2.24) is 3.97 Å². The Kier molecular flexibility index (Phi) is 4.22. The summed E-state index contributed by atoms with van der Waals surface area (Å²) >= 11 is 0. The maximum absolute atomic E-state index is 12.9. The Bertz CT molecular complexity index is 1150. The molecule has 0 saturated heterocycles. The number of hydrogen-bond donors (Lipinski definition) is 0. The van der Waals surface area contributed by atoms with Crippen molar-refractivity contribution in [1.29, 1.82) is 0 Å². The molecule has 26 heavy (non-hydrogen) atoms. The molecule has 0 aliphatic carbocycles. The largest absolute Gasteiger partial charge is 0.489 e. The minimum atomic E-state index is -3.63. The number of fused-ring (bicyclic) bond motifs is 1. The normalized spacial score (nSPS) is 11.5. The number of ether oxygens (including phenoxy) is 1. The van der Waals surface area contributed by atoms with E-state index in [-0.39, 0.29) is 4.90 Å². The van der Waals surface area contributed by atoms with Gasteiger partial charge in [0.25, 0.3) is 10.0 Å². The van der Waals surface area contributed by atoms with Gasteiger partial charge in [0.1, 0.15) is 12.4 Å². The summed E-state index contributed by atoms with van der Waals surface area (Å²) < 4.78 is 32.7. The number of hydrogen-bond acceptors (Lipinski definition) is 3. The Morgan fingerprint density at radius 2 is 1.54 bits per heavy atom. The summed E-state index contributed by atoms with van der Waals surface area (Å²) in [5.74, 6) is 0.748. The summed E-state index contributed by atoms with van der Waals surface area (Å²) in [6, 6.07) is 24.0. The van der Waals surface area contributed by atoms with Gasteiger partial charge >= 0.3 is 0 Å². The van der Waals surface area contributed by atoms with Gasteiger partial charge in [-0.05, 0) is 41.1 Å². The third-order valence-corrected chi connectivity index (χ3v) is 5.81. The lowest BCUT2D eigenvalue weighted by Crippen LogP contribution is -2.11. The van der Waals surface area contributed by atoms with Crippen LogP contribution in [0.1, 0.15) is 5.56 Å². The predicted molar refractivity (Wildman–Crippen MR) is 102 cm³/mol. The summed E-state index contributed by atoms with van der Waals surface area (Å²) in [4.78, 5) is 0.266. The van der Waals surface area contributed by atoms with E-state index in [0.717, 1.165) is 22.1 Å². The van der Waals surface area contributed by atoms with Crippen molar-refractivity contribution in [2.75, 3.05) is 0 Å². The van der Waals surface area contributed by atoms with E-state index in [2.05, 4.69) is 0 Å². The van der Waals surface area contributed by atoms with Crippen LogP contribution in [0.2, 0.25) is 0 Å². The minimum absolute atomic E-state index is 0.266. The molecule has 0 unspecified atom stereocenters. The van der Waals surface area contributed by atoms with Crippen LogP contribution in [0.15, 0.2) is 96.2 Å². The zero-order valence-electron chi connectivity index (χ0n) is 13.9. The molecule has 4 nitrogen and oxygen atoms in total. The predicted octanol–water partition coefficient (Wildman–Crippen LogP) is 4.46. The van der Waals surface area contributed by atoms with E-state index in [9.17, 15) is 8.42 Å². The molecule has 0 amide bonds. The monoisotopic (exact) mass is 363 g/mol. The van der Waals surface area contributed by atoms with Gasteiger partial charge in [-0.2, -0.15) is 0 Å². The first-order valence-electron chi connectivity index (χ1n) is 8.22. The average molecular weight is 363 g/mol. The Labute approximate surface area is 152 Å². The van der Waals surface area contributed by atoms with Crippen LogP contribution in [0.25, 0.3) is 10.8 Å². The first-order valence-corrected chi connectivity index (χ1v) is 9.66.